The fraction of sp³-hybridized carbons (Fsp3) is 0.318. The molecule has 2 N–H and O–H groups in total. The number of carbonyl (C=O) groups excluding carboxylic acids is 3. The van der Waals surface area contributed by atoms with Gasteiger partial charge in [-0.2, -0.15) is 11.8 Å². The number of ether oxygens (including phenoxy) is 3. The third kappa shape index (κ3) is 7.53. The van der Waals surface area contributed by atoms with E-state index in [0.29, 0.717) is 34.9 Å². The molecule has 31 heavy (non-hydrogen) atoms. The van der Waals surface area contributed by atoms with Crippen LogP contribution in [0.2, 0.25) is 0 Å². The highest BCUT2D eigenvalue weighted by molar-refractivity contribution is 7.98. The van der Waals surface area contributed by atoms with Gasteiger partial charge in [-0.05, 0) is 42.7 Å². The number of hydrogen-bond donors (Lipinski definition) is 2. The second-order valence-corrected chi connectivity index (χ2v) is 7.38. The van der Waals surface area contributed by atoms with Crippen LogP contribution in [-0.4, -0.2) is 56.7 Å². The first-order valence-electron chi connectivity index (χ1n) is 9.51. The number of nitrogens with one attached hydrogen (secondary N) is 2. The van der Waals surface area contributed by atoms with Gasteiger partial charge in [0.25, 0.3) is 5.91 Å². The minimum atomic E-state index is -0.746. The van der Waals surface area contributed by atoms with Crippen molar-refractivity contribution < 1.29 is 28.6 Å². The second kappa shape index (κ2) is 12.5. The standard InChI is InChI=1S/C22H26N2O6S/c1-28-19-10-5-4-9-17(19)21(26)24-18(11-12-31-3)22(27)23-15-7-6-8-16(13-15)30-14-20(25)29-2/h4-10,13,18H,11-12,14H2,1-3H3,(H,23,27)(H,24,26). The number of anilines is 1. The summed E-state index contributed by atoms with van der Waals surface area (Å²) in [5.41, 5.74) is 0.832. The molecule has 2 aromatic rings. The van der Waals surface area contributed by atoms with E-state index in [2.05, 4.69) is 15.4 Å². The van der Waals surface area contributed by atoms with Crippen LogP contribution in [0.25, 0.3) is 0 Å². The lowest BCUT2D eigenvalue weighted by Crippen LogP contribution is -2.44. The number of esters is 1. The van der Waals surface area contributed by atoms with E-state index in [0.717, 1.165) is 0 Å². The predicted molar refractivity (Wildman–Crippen MR) is 120 cm³/mol. The fourth-order valence-electron chi connectivity index (χ4n) is 2.67. The number of amides is 2. The number of methoxy groups -OCH3 is 2. The summed E-state index contributed by atoms with van der Waals surface area (Å²) in [6, 6.07) is 12.7. The molecule has 0 aliphatic carbocycles. The molecule has 2 aromatic carbocycles. The number of carbonyl (C=O) groups is 3. The Kier molecular flexibility index (Phi) is 9.70. The Labute approximate surface area is 185 Å². The van der Waals surface area contributed by atoms with Crippen molar-refractivity contribution in [3.63, 3.8) is 0 Å². The van der Waals surface area contributed by atoms with Gasteiger partial charge in [0.1, 0.15) is 17.5 Å². The van der Waals surface area contributed by atoms with Gasteiger partial charge in [0.05, 0.1) is 19.8 Å². The first-order chi connectivity index (χ1) is 15.0. The largest absolute Gasteiger partial charge is 0.496 e. The molecule has 166 valence electrons. The van der Waals surface area contributed by atoms with Gasteiger partial charge in [-0.3, -0.25) is 9.59 Å². The highest BCUT2D eigenvalue weighted by Crippen LogP contribution is 2.19. The Bertz CT molecular complexity index is 905. The second-order valence-electron chi connectivity index (χ2n) is 6.39. The number of thioether (sulfide) groups is 1. The van der Waals surface area contributed by atoms with E-state index in [1.165, 1.54) is 14.2 Å². The number of benzene rings is 2. The van der Waals surface area contributed by atoms with Crippen molar-refractivity contribution in [2.24, 2.45) is 0 Å². The first-order valence-corrected chi connectivity index (χ1v) is 10.9. The van der Waals surface area contributed by atoms with Gasteiger partial charge in [-0.25, -0.2) is 4.79 Å². The molecular formula is C22H26N2O6S. The van der Waals surface area contributed by atoms with Crippen LogP contribution >= 0.6 is 11.8 Å². The monoisotopic (exact) mass is 446 g/mol. The molecule has 8 nitrogen and oxygen atoms in total. The summed E-state index contributed by atoms with van der Waals surface area (Å²) < 4.78 is 15.1. The normalized spacial score (nSPS) is 11.2. The van der Waals surface area contributed by atoms with Crippen LogP contribution in [0.5, 0.6) is 11.5 Å². The maximum Gasteiger partial charge on any atom is 0.343 e. The molecule has 9 heteroatoms. The zero-order chi connectivity index (χ0) is 22.6. The Morgan fingerprint density at radius 1 is 1.06 bits per heavy atom. The highest BCUT2D eigenvalue weighted by Gasteiger charge is 2.23. The van der Waals surface area contributed by atoms with Crippen molar-refractivity contribution in [1.29, 1.82) is 0 Å². The Morgan fingerprint density at radius 3 is 2.55 bits per heavy atom. The van der Waals surface area contributed by atoms with E-state index in [1.807, 2.05) is 6.26 Å². The van der Waals surface area contributed by atoms with E-state index < -0.39 is 17.9 Å². The van der Waals surface area contributed by atoms with Crippen LogP contribution in [-0.2, 0) is 14.3 Å². The topological polar surface area (TPSA) is 103 Å². The molecule has 0 spiro atoms. The molecule has 0 saturated heterocycles. The smallest absolute Gasteiger partial charge is 0.343 e. The van der Waals surface area contributed by atoms with Gasteiger partial charge in [0.15, 0.2) is 6.61 Å². The molecule has 0 aliphatic rings. The van der Waals surface area contributed by atoms with E-state index in [9.17, 15) is 14.4 Å². The minimum absolute atomic E-state index is 0.237. The Balaban J connectivity index is 2.09. The molecule has 0 aromatic heterocycles. The molecule has 0 fully saturated rings. The molecule has 2 amide bonds. The SMILES string of the molecule is COC(=O)COc1cccc(NC(=O)C(CCSC)NC(=O)c2ccccc2OC)c1. The van der Waals surface area contributed by atoms with Crippen molar-refractivity contribution >= 4 is 35.2 Å². The molecular weight excluding hydrogens is 420 g/mol. The van der Waals surface area contributed by atoms with Crippen LogP contribution in [0, 0.1) is 0 Å². The van der Waals surface area contributed by atoms with E-state index in [-0.39, 0.29) is 12.5 Å². The van der Waals surface area contributed by atoms with E-state index >= 15 is 0 Å². The minimum Gasteiger partial charge on any atom is -0.496 e. The molecule has 0 saturated carbocycles. The molecule has 1 atom stereocenters. The third-order valence-corrected chi connectivity index (χ3v) is 4.91. The van der Waals surface area contributed by atoms with E-state index in [1.54, 1.807) is 60.3 Å². The summed E-state index contributed by atoms with van der Waals surface area (Å²) in [6.45, 7) is -0.237. The molecule has 0 radical (unpaired) electrons. The van der Waals surface area contributed by atoms with Gasteiger partial charge in [-0.15, -0.1) is 0 Å². The number of rotatable bonds is 11. The average molecular weight is 447 g/mol. The van der Waals surface area contributed by atoms with Crippen LogP contribution in [0.4, 0.5) is 5.69 Å². The summed E-state index contributed by atoms with van der Waals surface area (Å²) in [5.74, 6) is 0.260. The molecule has 1 unspecified atom stereocenters. The van der Waals surface area contributed by atoms with Gasteiger partial charge in [0, 0.05) is 11.8 Å². The molecule has 0 heterocycles. The van der Waals surface area contributed by atoms with Gasteiger partial charge in [0.2, 0.25) is 5.91 Å². The summed E-state index contributed by atoms with van der Waals surface area (Å²) in [6.07, 6.45) is 2.38. The lowest BCUT2D eigenvalue weighted by molar-refractivity contribution is -0.142. The lowest BCUT2D eigenvalue weighted by Gasteiger charge is -2.19. The summed E-state index contributed by atoms with van der Waals surface area (Å²) in [4.78, 5) is 36.9. The fourth-order valence-corrected chi connectivity index (χ4v) is 3.14. The third-order valence-electron chi connectivity index (χ3n) is 4.27. The van der Waals surface area contributed by atoms with Gasteiger partial charge < -0.3 is 24.8 Å². The van der Waals surface area contributed by atoms with Crippen molar-refractivity contribution in [3.05, 3.63) is 54.1 Å². The lowest BCUT2D eigenvalue weighted by atomic mass is 10.1. The molecule has 2 rings (SSSR count). The van der Waals surface area contributed by atoms with Gasteiger partial charge in [-0.1, -0.05) is 18.2 Å². The van der Waals surface area contributed by atoms with Crippen LogP contribution in [0.3, 0.4) is 0 Å². The number of hydrogen-bond acceptors (Lipinski definition) is 7. The van der Waals surface area contributed by atoms with Crippen LogP contribution in [0.15, 0.2) is 48.5 Å². The summed E-state index contributed by atoms with van der Waals surface area (Å²) >= 11 is 1.58. The zero-order valence-electron chi connectivity index (χ0n) is 17.7. The number of para-hydroxylation sites is 1. The molecule has 0 aliphatic heterocycles. The Hall–Kier alpha value is -3.20. The van der Waals surface area contributed by atoms with E-state index in [4.69, 9.17) is 9.47 Å². The van der Waals surface area contributed by atoms with Crippen molar-refractivity contribution in [3.8, 4) is 11.5 Å². The highest BCUT2D eigenvalue weighted by atomic mass is 32.2. The van der Waals surface area contributed by atoms with Crippen molar-refractivity contribution in [2.45, 2.75) is 12.5 Å². The average Bonchev–Trinajstić information content (AvgIpc) is 2.80. The predicted octanol–water partition coefficient (Wildman–Crippen LogP) is 2.74. The maximum atomic E-state index is 12.9. The van der Waals surface area contributed by atoms with Gasteiger partial charge >= 0.3 is 5.97 Å². The van der Waals surface area contributed by atoms with Crippen molar-refractivity contribution in [1.82, 2.24) is 5.32 Å². The first kappa shape index (κ1) is 24.1. The van der Waals surface area contributed by atoms with Crippen molar-refractivity contribution in [2.75, 3.05) is 38.2 Å². The maximum absolute atomic E-state index is 12.9. The molecule has 0 bridgehead atoms. The van der Waals surface area contributed by atoms with Crippen LogP contribution < -0.4 is 20.1 Å². The Morgan fingerprint density at radius 2 is 1.84 bits per heavy atom. The zero-order valence-corrected chi connectivity index (χ0v) is 18.5. The summed E-state index contributed by atoms with van der Waals surface area (Å²) in [5, 5.41) is 5.58. The quantitative estimate of drug-likeness (QED) is 0.512. The summed E-state index contributed by atoms with van der Waals surface area (Å²) in [7, 11) is 2.76. The van der Waals surface area contributed by atoms with Crippen LogP contribution in [0.1, 0.15) is 16.8 Å².